The van der Waals surface area contributed by atoms with Crippen LogP contribution in [0.25, 0.3) is 11.4 Å². The molecule has 1 fully saturated rings. The molecule has 1 aromatic carbocycles. The van der Waals surface area contributed by atoms with Gasteiger partial charge in [0, 0.05) is 25.4 Å². The number of sulfonamides is 1. The van der Waals surface area contributed by atoms with Crippen molar-refractivity contribution in [3.63, 3.8) is 0 Å². The van der Waals surface area contributed by atoms with Gasteiger partial charge < -0.3 is 5.32 Å². The van der Waals surface area contributed by atoms with Crippen LogP contribution in [0.4, 0.5) is 15.9 Å². The summed E-state index contributed by atoms with van der Waals surface area (Å²) < 4.78 is 39.7. The number of rotatable bonds is 5. The second-order valence-electron chi connectivity index (χ2n) is 6.78. The normalized spacial score (nSPS) is 15.4. The third-order valence-corrected chi connectivity index (χ3v) is 6.47. The molecule has 4 rings (SSSR count). The number of anilines is 2. The molecular weight excluding hydrogens is 393 g/mol. The quantitative estimate of drug-likeness (QED) is 0.691. The zero-order chi connectivity index (χ0) is 20.4. The molecule has 0 atom stereocenters. The summed E-state index contributed by atoms with van der Waals surface area (Å²) in [6.07, 6.45) is 2.21. The molecule has 2 aromatic heterocycles. The standard InChI is InChI=1S/C20H20FN5O2S/c1-14-24-18(17-5-2-3-8-22-17)12-20(25-14)23-13-15-6-7-19(16(21)11-15)26-9-4-10-29(26,27)28/h2-3,5-8,11-12H,4,9-10,13H2,1H3,(H,23,24,25). The summed E-state index contributed by atoms with van der Waals surface area (Å²) >= 11 is 0. The third kappa shape index (κ3) is 4.19. The molecular formula is C20H20FN5O2S. The maximum atomic E-state index is 14.6. The number of aromatic nitrogens is 3. The largest absolute Gasteiger partial charge is 0.366 e. The van der Waals surface area contributed by atoms with Crippen molar-refractivity contribution in [2.45, 2.75) is 19.9 Å². The van der Waals surface area contributed by atoms with Gasteiger partial charge in [-0.3, -0.25) is 9.29 Å². The number of hydrogen-bond donors (Lipinski definition) is 1. The van der Waals surface area contributed by atoms with Gasteiger partial charge in [-0.25, -0.2) is 22.8 Å². The highest BCUT2D eigenvalue weighted by molar-refractivity contribution is 7.93. The minimum Gasteiger partial charge on any atom is -0.366 e. The Kier molecular flexibility index (Phi) is 5.14. The van der Waals surface area contributed by atoms with Crippen LogP contribution in [0.5, 0.6) is 0 Å². The van der Waals surface area contributed by atoms with Gasteiger partial charge in [0.05, 0.1) is 22.8 Å². The number of nitrogens with one attached hydrogen (secondary N) is 1. The predicted octanol–water partition coefficient (Wildman–Crippen LogP) is 3.14. The molecule has 1 saturated heterocycles. The molecule has 1 aliphatic rings. The van der Waals surface area contributed by atoms with E-state index in [0.717, 1.165) is 10.00 Å². The zero-order valence-corrected chi connectivity index (χ0v) is 16.7. The summed E-state index contributed by atoms with van der Waals surface area (Å²) in [5, 5.41) is 3.17. The van der Waals surface area contributed by atoms with Crippen LogP contribution in [-0.2, 0) is 16.6 Å². The summed E-state index contributed by atoms with van der Waals surface area (Å²) in [5.41, 5.74) is 2.21. The predicted molar refractivity (Wildman–Crippen MR) is 109 cm³/mol. The van der Waals surface area contributed by atoms with E-state index in [-0.39, 0.29) is 11.4 Å². The Bertz CT molecular complexity index is 1140. The Morgan fingerprint density at radius 1 is 1.14 bits per heavy atom. The van der Waals surface area contributed by atoms with Crippen molar-refractivity contribution in [2.24, 2.45) is 0 Å². The summed E-state index contributed by atoms with van der Waals surface area (Å²) in [6.45, 7) is 2.44. The Morgan fingerprint density at radius 3 is 2.69 bits per heavy atom. The average molecular weight is 413 g/mol. The number of hydrogen-bond acceptors (Lipinski definition) is 6. The van der Waals surface area contributed by atoms with E-state index in [4.69, 9.17) is 0 Å². The van der Waals surface area contributed by atoms with Gasteiger partial charge in [-0.05, 0) is 43.2 Å². The molecule has 0 radical (unpaired) electrons. The van der Waals surface area contributed by atoms with Gasteiger partial charge in [-0.15, -0.1) is 0 Å². The van der Waals surface area contributed by atoms with Crippen LogP contribution in [-0.4, -0.2) is 35.7 Å². The van der Waals surface area contributed by atoms with Gasteiger partial charge in [-0.2, -0.15) is 0 Å². The van der Waals surface area contributed by atoms with Crippen LogP contribution >= 0.6 is 0 Å². The molecule has 0 amide bonds. The lowest BCUT2D eigenvalue weighted by Gasteiger charge is -2.18. The van der Waals surface area contributed by atoms with Gasteiger partial charge in [0.25, 0.3) is 0 Å². The van der Waals surface area contributed by atoms with Crippen LogP contribution in [0.3, 0.4) is 0 Å². The average Bonchev–Trinajstić information content (AvgIpc) is 3.05. The molecule has 1 aliphatic heterocycles. The first-order valence-corrected chi connectivity index (χ1v) is 10.8. The van der Waals surface area contributed by atoms with Crippen molar-refractivity contribution in [3.05, 3.63) is 65.9 Å². The number of halogens is 1. The molecule has 3 heterocycles. The fourth-order valence-corrected chi connectivity index (χ4v) is 4.84. The van der Waals surface area contributed by atoms with E-state index >= 15 is 0 Å². The third-order valence-electron chi connectivity index (χ3n) is 4.62. The minimum absolute atomic E-state index is 0.0570. The molecule has 0 bridgehead atoms. The molecule has 150 valence electrons. The molecule has 1 N–H and O–H groups in total. The highest BCUT2D eigenvalue weighted by Gasteiger charge is 2.30. The van der Waals surface area contributed by atoms with Crippen molar-refractivity contribution in [1.82, 2.24) is 15.0 Å². The van der Waals surface area contributed by atoms with Crippen LogP contribution in [0.15, 0.2) is 48.7 Å². The lowest BCUT2D eigenvalue weighted by Crippen LogP contribution is -2.26. The lowest BCUT2D eigenvalue weighted by atomic mass is 10.2. The van der Waals surface area contributed by atoms with Crippen molar-refractivity contribution < 1.29 is 12.8 Å². The molecule has 7 nitrogen and oxygen atoms in total. The maximum absolute atomic E-state index is 14.6. The van der Waals surface area contributed by atoms with Gasteiger partial charge in [0.2, 0.25) is 10.0 Å². The first kappa shape index (κ1) is 19.3. The summed E-state index contributed by atoms with van der Waals surface area (Å²) in [5.74, 6) is 0.700. The van der Waals surface area contributed by atoms with Crippen molar-refractivity contribution in [3.8, 4) is 11.4 Å². The Morgan fingerprint density at radius 2 is 2.00 bits per heavy atom. The number of nitrogens with zero attached hydrogens (tertiary/aromatic N) is 4. The van der Waals surface area contributed by atoms with Crippen LogP contribution in [0, 0.1) is 12.7 Å². The summed E-state index contributed by atoms with van der Waals surface area (Å²) in [6, 6.07) is 12.0. The van der Waals surface area contributed by atoms with Crippen molar-refractivity contribution in [1.29, 1.82) is 0 Å². The second kappa shape index (κ2) is 7.75. The Hall–Kier alpha value is -3.07. The van der Waals surface area contributed by atoms with Crippen molar-refractivity contribution >= 4 is 21.5 Å². The molecule has 3 aromatic rings. The highest BCUT2D eigenvalue weighted by atomic mass is 32.2. The van der Waals surface area contributed by atoms with E-state index in [1.807, 2.05) is 18.2 Å². The van der Waals surface area contributed by atoms with E-state index in [1.54, 1.807) is 25.3 Å². The molecule has 0 aliphatic carbocycles. The summed E-state index contributed by atoms with van der Waals surface area (Å²) in [4.78, 5) is 13.1. The fraction of sp³-hybridized carbons (Fsp3) is 0.250. The molecule has 29 heavy (non-hydrogen) atoms. The lowest BCUT2D eigenvalue weighted by molar-refractivity contribution is 0.594. The van der Waals surface area contributed by atoms with E-state index in [0.29, 0.717) is 42.4 Å². The van der Waals surface area contributed by atoms with E-state index in [1.165, 1.54) is 12.1 Å². The number of pyridine rings is 1. The maximum Gasteiger partial charge on any atom is 0.235 e. The van der Waals surface area contributed by atoms with E-state index in [9.17, 15) is 12.8 Å². The topological polar surface area (TPSA) is 88.1 Å². The Labute approximate surface area is 168 Å². The van der Waals surface area contributed by atoms with Gasteiger partial charge in [0.15, 0.2) is 0 Å². The van der Waals surface area contributed by atoms with Gasteiger partial charge in [-0.1, -0.05) is 12.1 Å². The van der Waals surface area contributed by atoms with Gasteiger partial charge in [0.1, 0.15) is 17.5 Å². The first-order chi connectivity index (χ1) is 13.9. The molecule has 0 spiro atoms. The van der Waals surface area contributed by atoms with E-state index in [2.05, 4.69) is 20.3 Å². The highest BCUT2D eigenvalue weighted by Crippen LogP contribution is 2.27. The second-order valence-corrected chi connectivity index (χ2v) is 8.79. The number of benzene rings is 1. The molecule has 0 saturated carbocycles. The monoisotopic (exact) mass is 413 g/mol. The summed E-state index contributed by atoms with van der Waals surface area (Å²) in [7, 11) is -3.41. The van der Waals surface area contributed by atoms with Gasteiger partial charge >= 0.3 is 0 Å². The smallest absolute Gasteiger partial charge is 0.235 e. The molecule has 9 heteroatoms. The zero-order valence-electron chi connectivity index (χ0n) is 15.8. The fourth-order valence-electron chi connectivity index (χ4n) is 3.27. The minimum atomic E-state index is -3.41. The van der Waals surface area contributed by atoms with Crippen LogP contribution in [0.2, 0.25) is 0 Å². The number of aryl methyl sites for hydroxylation is 1. The molecule has 0 unspecified atom stereocenters. The van der Waals surface area contributed by atoms with E-state index < -0.39 is 15.8 Å². The Balaban J connectivity index is 1.51. The first-order valence-electron chi connectivity index (χ1n) is 9.22. The SMILES string of the molecule is Cc1nc(NCc2ccc(N3CCCS3(=O)=O)c(F)c2)cc(-c2ccccn2)n1. The van der Waals surface area contributed by atoms with Crippen LogP contribution in [0.1, 0.15) is 17.8 Å². The van der Waals surface area contributed by atoms with Crippen molar-refractivity contribution in [2.75, 3.05) is 21.9 Å². The van der Waals surface area contributed by atoms with Crippen LogP contribution < -0.4 is 9.62 Å².